The summed E-state index contributed by atoms with van der Waals surface area (Å²) in [6, 6.07) is 11.4. The minimum Gasteiger partial charge on any atom is -0.477 e. The number of anilines is 2. The molecule has 0 aliphatic rings. The van der Waals surface area contributed by atoms with Gasteiger partial charge in [0.1, 0.15) is 5.69 Å². The third-order valence-corrected chi connectivity index (χ3v) is 2.76. The Bertz CT molecular complexity index is 565. The molecule has 0 radical (unpaired) electrons. The van der Waals surface area contributed by atoms with Crippen molar-refractivity contribution < 1.29 is 9.90 Å². The van der Waals surface area contributed by atoms with Crippen molar-refractivity contribution in [3.05, 3.63) is 53.9 Å². The highest BCUT2D eigenvalue weighted by molar-refractivity contribution is 5.86. The molecular weight excluding hydrogens is 240 g/mol. The summed E-state index contributed by atoms with van der Waals surface area (Å²) in [4.78, 5) is 14.6. The first-order valence-electron chi connectivity index (χ1n) is 6.24. The molecule has 0 saturated carbocycles. The Morgan fingerprint density at radius 2 is 1.95 bits per heavy atom. The average Bonchev–Trinajstić information content (AvgIpc) is 2.42. The third-order valence-electron chi connectivity index (χ3n) is 2.76. The molecule has 0 fully saturated rings. The normalized spacial score (nSPS) is 10.2. The number of nitrogens with one attached hydrogen (secondary N) is 1. The van der Waals surface area contributed by atoms with Crippen LogP contribution in [0.25, 0.3) is 0 Å². The summed E-state index contributed by atoms with van der Waals surface area (Å²) in [6.07, 6.45) is 3.68. The molecule has 4 nitrogen and oxygen atoms in total. The first kappa shape index (κ1) is 13.1. The van der Waals surface area contributed by atoms with Gasteiger partial charge in [0.15, 0.2) is 0 Å². The number of aryl methyl sites for hydroxylation is 1. The van der Waals surface area contributed by atoms with E-state index in [1.165, 1.54) is 17.8 Å². The lowest BCUT2D eigenvalue weighted by atomic mass is 10.1. The minimum atomic E-state index is -1.03. The number of hydrogen-bond donors (Lipinski definition) is 2. The number of aromatic carboxylic acids is 1. The quantitative estimate of drug-likeness (QED) is 0.859. The molecule has 2 rings (SSSR count). The zero-order chi connectivity index (χ0) is 13.7. The maximum Gasteiger partial charge on any atom is 0.354 e. The van der Waals surface area contributed by atoms with Gasteiger partial charge in [0, 0.05) is 17.6 Å². The van der Waals surface area contributed by atoms with Crippen LogP contribution in [0.5, 0.6) is 0 Å². The maximum atomic E-state index is 10.8. The van der Waals surface area contributed by atoms with Gasteiger partial charge < -0.3 is 10.4 Å². The van der Waals surface area contributed by atoms with E-state index in [4.69, 9.17) is 5.11 Å². The fourth-order valence-corrected chi connectivity index (χ4v) is 1.84. The number of hydrogen-bond acceptors (Lipinski definition) is 3. The molecule has 2 N–H and O–H groups in total. The number of carboxylic acids is 1. The van der Waals surface area contributed by atoms with Crippen LogP contribution in [-0.4, -0.2) is 16.1 Å². The lowest BCUT2D eigenvalue weighted by molar-refractivity contribution is 0.0690. The van der Waals surface area contributed by atoms with Crippen LogP contribution in [0.3, 0.4) is 0 Å². The Hall–Kier alpha value is -2.36. The Morgan fingerprint density at radius 3 is 2.58 bits per heavy atom. The SMILES string of the molecule is CCCc1ccc(Nc2ccnc(C(=O)O)c2)cc1. The summed E-state index contributed by atoms with van der Waals surface area (Å²) < 4.78 is 0. The second kappa shape index (κ2) is 6.00. The molecule has 2 aromatic rings. The summed E-state index contributed by atoms with van der Waals surface area (Å²) in [5.41, 5.74) is 2.99. The van der Waals surface area contributed by atoms with Crippen LogP contribution >= 0.6 is 0 Å². The maximum absolute atomic E-state index is 10.8. The molecule has 0 bridgehead atoms. The van der Waals surface area contributed by atoms with E-state index in [0.29, 0.717) is 0 Å². The standard InChI is InChI=1S/C15H16N2O2/c1-2-3-11-4-6-12(7-5-11)17-13-8-9-16-14(10-13)15(18)19/h4-10H,2-3H2,1H3,(H,16,17)(H,18,19). The van der Waals surface area contributed by atoms with Gasteiger partial charge in [-0.1, -0.05) is 25.5 Å². The first-order valence-corrected chi connectivity index (χ1v) is 6.24. The van der Waals surface area contributed by atoms with Crippen LogP contribution in [0.2, 0.25) is 0 Å². The number of aromatic nitrogens is 1. The fraction of sp³-hybridized carbons (Fsp3) is 0.200. The van der Waals surface area contributed by atoms with E-state index in [9.17, 15) is 4.79 Å². The second-order valence-electron chi connectivity index (χ2n) is 4.31. The Morgan fingerprint density at radius 1 is 1.21 bits per heavy atom. The smallest absolute Gasteiger partial charge is 0.354 e. The summed E-state index contributed by atoms with van der Waals surface area (Å²) in [5.74, 6) is -1.03. The van der Waals surface area contributed by atoms with E-state index in [-0.39, 0.29) is 5.69 Å². The summed E-state index contributed by atoms with van der Waals surface area (Å²) in [6.45, 7) is 2.15. The third kappa shape index (κ3) is 3.55. The second-order valence-corrected chi connectivity index (χ2v) is 4.31. The van der Waals surface area contributed by atoms with Crippen LogP contribution in [0.4, 0.5) is 11.4 Å². The van der Waals surface area contributed by atoms with Crippen LogP contribution in [0.15, 0.2) is 42.6 Å². The highest BCUT2D eigenvalue weighted by atomic mass is 16.4. The molecule has 0 aliphatic carbocycles. The molecular formula is C15H16N2O2. The topological polar surface area (TPSA) is 62.2 Å². The van der Waals surface area contributed by atoms with Crippen molar-refractivity contribution in [3.8, 4) is 0 Å². The van der Waals surface area contributed by atoms with E-state index < -0.39 is 5.97 Å². The molecule has 4 heteroatoms. The molecule has 1 aromatic carbocycles. The molecule has 1 aromatic heterocycles. The molecule has 0 unspecified atom stereocenters. The van der Waals surface area contributed by atoms with E-state index in [0.717, 1.165) is 24.2 Å². The van der Waals surface area contributed by atoms with Crippen LogP contribution in [0.1, 0.15) is 29.4 Å². The zero-order valence-corrected chi connectivity index (χ0v) is 10.8. The van der Waals surface area contributed by atoms with Crippen LogP contribution in [-0.2, 0) is 6.42 Å². The summed E-state index contributed by atoms with van der Waals surface area (Å²) >= 11 is 0. The van der Waals surface area contributed by atoms with Crippen molar-refractivity contribution in [1.82, 2.24) is 4.98 Å². The monoisotopic (exact) mass is 256 g/mol. The van der Waals surface area contributed by atoms with E-state index >= 15 is 0 Å². The van der Waals surface area contributed by atoms with Crippen LogP contribution < -0.4 is 5.32 Å². The largest absolute Gasteiger partial charge is 0.477 e. The number of rotatable bonds is 5. The predicted molar refractivity (Wildman–Crippen MR) is 74.9 cm³/mol. The lowest BCUT2D eigenvalue weighted by Gasteiger charge is -2.07. The van der Waals surface area contributed by atoms with Gasteiger partial charge in [-0.25, -0.2) is 9.78 Å². The molecule has 0 atom stereocenters. The van der Waals surface area contributed by atoms with Gasteiger partial charge in [0.05, 0.1) is 0 Å². The number of pyridine rings is 1. The molecule has 0 saturated heterocycles. The fourth-order valence-electron chi connectivity index (χ4n) is 1.84. The molecule has 0 aliphatic heterocycles. The Kier molecular flexibility index (Phi) is 4.13. The van der Waals surface area contributed by atoms with Crippen molar-refractivity contribution in [2.45, 2.75) is 19.8 Å². The number of nitrogens with zero attached hydrogens (tertiary/aromatic N) is 1. The molecule has 98 valence electrons. The zero-order valence-electron chi connectivity index (χ0n) is 10.8. The number of carbonyl (C=O) groups is 1. The average molecular weight is 256 g/mol. The van der Waals surface area contributed by atoms with Crippen molar-refractivity contribution in [1.29, 1.82) is 0 Å². The van der Waals surface area contributed by atoms with Crippen molar-refractivity contribution in [2.75, 3.05) is 5.32 Å². The van der Waals surface area contributed by atoms with Crippen LogP contribution in [0, 0.1) is 0 Å². The number of benzene rings is 1. The van der Waals surface area contributed by atoms with Gasteiger partial charge in [0.25, 0.3) is 0 Å². The molecule has 1 heterocycles. The molecule has 19 heavy (non-hydrogen) atoms. The van der Waals surface area contributed by atoms with Gasteiger partial charge >= 0.3 is 5.97 Å². The van der Waals surface area contributed by atoms with E-state index in [2.05, 4.69) is 29.4 Å². The highest BCUT2D eigenvalue weighted by Crippen LogP contribution is 2.17. The Balaban J connectivity index is 2.12. The van der Waals surface area contributed by atoms with Crippen molar-refractivity contribution in [3.63, 3.8) is 0 Å². The van der Waals surface area contributed by atoms with Crippen molar-refractivity contribution >= 4 is 17.3 Å². The number of carboxylic acid groups (broad SMARTS) is 1. The predicted octanol–water partition coefficient (Wildman–Crippen LogP) is 3.48. The van der Waals surface area contributed by atoms with Gasteiger partial charge in [-0.3, -0.25) is 0 Å². The van der Waals surface area contributed by atoms with E-state index in [1.54, 1.807) is 6.07 Å². The summed E-state index contributed by atoms with van der Waals surface area (Å²) in [7, 11) is 0. The lowest BCUT2D eigenvalue weighted by Crippen LogP contribution is -2.01. The Labute approximate surface area is 112 Å². The van der Waals surface area contributed by atoms with Gasteiger partial charge in [-0.05, 0) is 36.2 Å². The minimum absolute atomic E-state index is 0.0348. The first-order chi connectivity index (χ1) is 9.19. The van der Waals surface area contributed by atoms with E-state index in [1.807, 2.05) is 12.1 Å². The summed E-state index contributed by atoms with van der Waals surface area (Å²) in [5, 5.41) is 12.0. The van der Waals surface area contributed by atoms with Gasteiger partial charge in [-0.15, -0.1) is 0 Å². The highest BCUT2D eigenvalue weighted by Gasteiger charge is 2.04. The molecule has 0 amide bonds. The molecule has 0 spiro atoms. The van der Waals surface area contributed by atoms with Gasteiger partial charge in [-0.2, -0.15) is 0 Å². The van der Waals surface area contributed by atoms with Crippen molar-refractivity contribution in [2.24, 2.45) is 0 Å². The van der Waals surface area contributed by atoms with Gasteiger partial charge in [0.2, 0.25) is 0 Å².